The van der Waals surface area contributed by atoms with Crippen molar-refractivity contribution in [1.29, 1.82) is 0 Å². The van der Waals surface area contributed by atoms with Crippen LogP contribution in [-0.4, -0.2) is 33.9 Å². The second-order valence-electron chi connectivity index (χ2n) is 4.70. The lowest BCUT2D eigenvalue weighted by molar-refractivity contribution is -0.121. The predicted octanol–water partition coefficient (Wildman–Crippen LogP) is 2.01. The molecule has 2 N–H and O–H groups in total. The van der Waals surface area contributed by atoms with Gasteiger partial charge in [-0.25, -0.2) is 0 Å². The third-order valence-corrected chi connectivity index (χ3v) is 3.82. The highest BCUT2D eigenvalue weighted by molar-refractivity contribution is 7.08. The molecule has 2 rings (SSSR count). The Morgan fingerprint density at radius 2 is 2.38 bits per heavy atom. The molecule has 0 radical (unpaired) electrons. The number of amides is 1. The van der Waals surface area contributed by atoms with Crippen LogP contribution in [0.5, 0.6) is 0 Å². The maximum absolute atomic E-state index is 11.8. The zero-order chi connectivity index (χ0) is 15.1. The van der Waals surface area contributed by atoms with Gasteiger partial charge < -0.3 is 14.8 Å². The summed E-state index contributed by atoms with van der Waals surface area (Å²) in [5.74, 6) is 0.880. The summed E-state index contributed by atoms with van der Waals surface area (Å²) in [6.45, 7) is 2.05. The number of nitrogens with one attached hydrogen (secondary N) is 1. The first-order chi connectivity index (χ1) is 10.2. The molecule has 2 aromatic rings. The van der Waals surface area contributed by atoms with E-state index in [1.807, 2.05) is 23.8 Å². The highest BCUT2D eigenvalue weighted by atomic mass is 32.1. The average Bonchev–Trinajstić information content (AvgIpc) is 3.15. The molecule has 1 amide bonds. The topological polar surface area (TPSA) is 88.2 Å². The van der Waals surface area contributed by atoms with E-state index in [0.717, 1.165) is 12.0 Å². The molecule has 2 heterocycles. The summed E-state index contributed by atoms with van der Waals surface area (Å²) in [7, 11) is 0. The molecule has 0 aliphatic heterocycles. The van der Waals surface area contributed by atoms with Gasteiger partial charge in [-0.15, -0.1) is 10.2 Å². The van der Waals surface area contributed by atoms with Gasteiger partial charge in [-0.2, -0.15) is 11.3 Å². The smallest absolute Gasteiger partial charge is 0.248 e. The van der Waals surface area contributed by atoms with Crippen molar-refractivity contribution >= 4 is 17.2 Å². The molecule has 1 unspecified atom stereocenters. The van der Waals surface area contributed by atoms with Gasteiger partial charge in [-0.05, 0) is 24.3 Å². The fraction of sp³-hybridized carbons (Fsp3) is 0.500. The largest absolute Gasteiger partial charge is 0.421 e. The van der Waals surface area contributed by atoms with E-state index in [4.69, 9.17) is 9.52 Å². The van der Waals surface area contributed by atoms with Crippen molar-refractivity contribution in [2.45, 2.75) is 38.6 Å². The van der Waals surface area contributed by atoms with Crippen molar-refractivity contribution in [1.82, 2.24) is 15.5 Å². The molecule has 0 saturated carbocycles. The number of aromatic nitrogens is 2. The Kier molecular flexibility index (Phi) is 5.89. The number of aliphatic hydroxyl groups excluding tert-OH is 1. The standard InChI is InChI=1S/C14H19N3O3S/c1-2-11(5-7-18)15-12(19)3-4-13-16-17-14(20-13)10-6-8-21-9-10/h6,8-9,11,18H,2-5,7H2,1H3,(H,15,19). The molecule has 0 saturated heterocycles. The molecule has 0 bridgehead atoms. The zero-order valence-electron chi connectivity index (χ0n) is 11.9. The molecule has 21 heavy (non-hydrogen) atoms. The number of carbonyl (C=O) groups is 1. The number of rotatable bonds is 8. The van der Waals surface area contributed by atoms with Crippen molar-refractivity contribution in [3.8, 4) is 11.5 Å². The Hall–Kier alpha value is -1.73. The number of hydrogen-bond acceptors (Lipinski definition) is 6. The van der Waals surface area contributed by atoms with E-state index < -0.39 is 0 Å². The first kappa shape index (κ1) is 15.7. The number of aliphatic hydroxyl groups is 1. The van der Waals surface area contributed by atoms with E-state index in [1.165, 1.54) is 0 Å². The van der Waals surface area contributed by atoms with Crippen LogP contribution in [0.4, 0.5) is 0 Å². The summed E-state index contributed by atoms with van der Waals surface area (Å²) < 4.78 is 5.52. The van der Waals surface area contributed by atoms with Crippen LogP contribution in [-0.2, 0) is 11.2 Å². The van der Waals surface area contributed by atoms with Gasteiger partial charge in [0.25, 0.3) is 0 Å². The number of hydrogen-bond donors (Lipinski definition) is 2. The van der Waals surface area contributed by atoms with Gasteiger partial charge in [0.05, 0.1) is 0 Å². The van der Waals surface area contributed by atoms with Crippen molar-refractivity contribution in [2.24, 2.45) is 0 Å². The second-order valence-corrected chi connectivity index (χ2v) is 5.48. The number of carbonyl (C=O) groups excluding carboxylic acids is 1. The zero-order valence-corrected chi connectivity index (χ0v) is 12.7. The molecule has 0 aliphatic carbocycles. The molecule has 6 nitrogen and oxygen atoms in total. The summed E-state index contributed by atoms with van der Waals surface area (Å²) in [5.41, 5.74) is 0.900. The molecular formula is C14H19N3O3S. The third-order valence-electron chi connectivity index (χ3n) is 3.14. The van der Waals surface area contributed by atoms with E-state index >= 15 is 0 Å². The summed E-state index contributed by atoms with van der Waals surface area (Å²) in [6, 6.07) is 1.93. The van der Waals surface area contributed by atoms with Crippen LogP contribution in [0, 0.1) is 0 Å². The van der Waals surface area contributed by atoms with Crippen molar-refractivity contribution in [3.63, 3.8) is 0 Å². The maximum atomic E-state index is 11.8. The Balaban J connectivity index is 1.81. The van der Waals surface area contributed by atoms with Crippen molar-refractivity contribution in [3.05, 3.63) is 22.7 Å². The minimum absolute atomic E-state index is 0.0200. The Bertz CT molecular complexity index is 554. The average molecular weight is 309 g/mol. The SMILES string of the molecule is CCC(CCO)NC(=O)CCc1nnc(-c2ccsc2)o1. The van der Waals surface area contributed by atoms with Gasteiger partial charge in [0.1, 0.15) is 0 Å². The van der Waals surface area contributed by atoms with Crippen LogP contribution < -0.4 is 5.32 Å². The van der Waals surface area contributed by atoms with Crippen LogP contribution in [0.3, 0.4) is 0 Å². The monoisotopic (exact) mass is 309 g/mol. The van der Waals surface area contributed by atoms with E-state index in [1.54, 1.807) is 11.3 Å². The second kappa shape index (κ2) is 7.90. The van der Waals surface area contributed by atoms with Crippen LogP contribution >= 0.6 is 11.3 Å². The van der Waals surface area contributed by atoms with Crippen LogP contribution in [0.15, 0.2) is 21.2 Å². The van der Waals surface area contributed by atoms with Crippen LogP contribution in [0.2, 0.25) is 0 Å². The first-order valence-electron chi connectivity index (χ1n) is 6.98. The van der Waals surface area contributed by atoms with Gasteiger partial charge in [-0.1, -0.05) is 6.92 Å². The lowest BCUT2D eigenvalue weighted by Crippen LogP contribution is -2.35. The number of aryl methyl sites for hydroxylation is 1. The summed E-state index contributed by atoms with van der Waals surface area (Å²) in [6.07, 6.45) is 2.09. The predicted molar refractivity (Wildman–Crippen MR) is 79.9 cm³/mol. The minimum Gasteiger partial charge on any atom is -0.421 e. The van der Waals surface area contributed by atoms with Gasteiger partial charge >= 0.3 is 0 Å². The normalized spacial score (nSPS) is 12.3. The summed E-state index contributed by atoms with van der Waals surface area (Å²) in [4.78, 5) is 11.8. The molecule has 0 aromatic carbocycles. The first-order valence-corrected chi connectivity index (χ1v) is 7.92. The van der Waals surface area contributed by atoms with Crippen LogP contribution in [0.1, 0.15) is 32.1 Å². The van der Waals surface area contributed by atoms with E-state index in [0.29, 0.717) is 31.0 Å². The van der Waals surface area contributed by atoms with Crippen molar-refractivity contribution in [2.75, 3.05) is 6.61 Å². The highest BCUT2D eigenvalue weighted by Crippen LogP contribution is 2.20. The fourth-order valence-electron chi connectivity index (χ4n) is 1.91. The lowest BCUT2D eigenvalue weighted by atomic mass is 10.1. The lowest BCUT2D eigenvalue weighted by Gasteiger charge is -2.15. The fourth-order valence-corrected chi connectivity index (χ4v) is 2.54. The molecular weight excluding hydrogens is 290 g/mol. The van der Waals surface area contributed by atoms with Gasteiger partial charge in [0.2, 0.25) is 17.7 Å². The minimum atomic E-state index is -0.0643. The molecule has 0 fully saturated rings. The molecule has 7 heteroatoms. The maximum Gasteiger partial charge on any atom is 0.248 e. The Morgan fingerprint density at radius 1 is 1.52 bits per heavy atom. The molecule has 0 aliphatic rings. The summed E-state index contributed by atoms with van der Waals surface area (Å²) >= 11 is 1.56. The summed E-state index contributed by atoms with van der Waals surface area (Å²) in [5, 5.41) is 23.6. The Labute approximate surface area is 127 Å². The highest BCUT2D eigenvalue weighted by Gasteiger charge is 2.13. The number of thiophene rings is 1. The van der Waals surface area contributed by atoms with Crippen LogP contribution in [0.25, 0.3) is 11.5 Å². The molecule has 1 atom stereocenters. The van der Waals surface area contributed by atoms with E-state index in [9.17, 15) is 4.79 Å². The number of nitrogens with zero attached hydrogens (tertiary/aromatic N) is 2. The third kappa shape index (κ3) is 4.64. The van der Waals surface area contributed by atoms with Crippen molar-refractivity contribution < 1.29 is 14.3 Å². The molecule has 114 valence electrons. The Morgan fingerprint density at radius 3 is 3.05 bits per heavy atom. The van der Waals surface area contributed by atoms with Gasteiger partial charge in [-0.3, -0.25) is 4.79 Å². The molecule has 2 aromatic heterocycles. The quantitative estimate of drug-likeness (QED) is 0.778. The molecule has 0 spiro atoms. The van der Waals surface area contributed by atoms with E-state index in [-0.39, 0.29) is 18.6 Å². The van der Waals surface area contributed by atoms with Gasteiger partial charge in [0, 0.05) is 36.4 Å². The van der Waals surface area contributed by atoms with E-state index in [2.05, 4.69) is 15.5 Å². The van der Waals surface area contributed by atoms with Gasteiger partial charge in [0.15, 0.2) is 0 Å².